The maximum atomic E-state index is 12.2. The number of aromatic nitrogens is 2. The summed E-state index contributed by atoms with van der Waals surface area (Å²) >= 11 is 0. The fraction of sp³-hybridized carbons (Fsp3) is 0.500. The van der Waals surface area contributed by atoms with E-state index in [0.717, 1.165) is 42.5 Å². The van der Waals surface area contributed by atoms with E-state index in [1.807, 2.05) is 26.8 Å². The van der Waals surface area contributed by atoms with Crippen LogP contribution in [0.5, 0.6) is 0 Å². The number of H-pyrrole nitrogens is 1. The van der Waals surface area contributed by atoms with Gasteiger partial charge < -0.3 is 14.6 Å². The van der Waals surface area contributed by atoms with E-state index in [-0.39, 0.29) is 17.4 Å². The number of piperidine rings is 1. The lowest BCUT2D eigenvalue weighted by Crippen LogP contribution is -2.39. The predicted octanol–water partition coefficient (Wildman–Crippen LogP) is 2.48. The third-order valence-corrected chi connectivity index (χ3v) is 4.20. The normalized spacial score (nSPS) is 16.4. The molecule has 0 unspecified atom stereocenters. The van der Waals surface area contributed by atoms with Crippen LogP contribution < -0.4 is 10.5 Å². The van der Waals surface area contributed by atoms with Crippen LogP contribution in [0.25, 0.3) is 10.9 Å². The highest BCUT2D eigenvalue weighted by atomic mass is 16.6. The molecule has 24 heavy (non-hydrogen) atoms. The summed E-state index contributed by atoms with van der Waals surface area (Å²) in [6.45, 7) is 7.11. The Morgan fingerprint density at radius 2 is 2.04 bits per heavy atom. The van der Waals surface area contributed by atoms with Crippen molar-refractivity contribution in [3.63, 3.8) is 0 Å². The molecular formula is C18H23N3O3. The number of pyridine rings is 2. The Kier molecular flexibility index (Phi) is 4.30. The van der Waals surface area contributed by atoms with Crippen LogP contribution in [-0.2, 0) is 9.53 Å². The number of nitrogens with one attached hydrogen (secondary N) is 1. The summed E-state index contributed by atoms with van der Waals surface area (Å²) in [4.78, 5) is 33.1. The van der Waals surface area contributed by atoms with Crippen LogP contribution in [0.2, 0.25) is 0 Å². The van der Waals surface area contributed by atoms with E-state index in [2.05, 4.69) is 14.9 Å². The van der Waals surface area contributed by atoms with Crippen molar-refractivity contribution in [2.24, 2.45) is 5.92 Å². The summed E-state index contributed by atoms with van der Waals surface area (Å²) in [6, 6.07) is 3.52. The zero-order valence-corrected chi connectivity index (χ0v) is 14.3. The second kappa shape index (κ2) is 6.26. The van der Waals surface area contributed by atoms with Gasteiger partial charge in [-0.05, 0) is 39.7 Å². The molecule has 2 aromatic rings. The van der Waals surface area contributed by atoms with Gasteiger partial charge in [0.15, 0.2) is 0 Å². The van der Waals surface area contributed by atoms with Gasteiger partial charge in [0.2, 0.25) is 0 Å². The first-order chi connectivity index (χ1) is 11.3. The van der Waals surface area contributed by atoms with Crippen LogP contribution in [0, 0.1) is 5.92 Å². The highest BCUT2D eigenvalue weighted by Gasteiger charge is 2.29. The Morgan fingerprint density at radius 3 is 2.71 bits per heavy atom. The van der Waals surface area contributed by atoms with Gasteiger partial charge in [-0.25, -0.2) is 0 Å². The minimum Gasteiger partial charge on any atom is -0.460 e. The Morgan fingerprint density at radius 1 is 1.33 bits per heavy atom. The average molecular weight is 329 g/mol. The van der Waals surface area contributed by atoms with Gasteiger partial charge in [0.25, 0.3) is 5.56 Å². The largest absolute Gasteiger partial charge is 0.460 e. The molecule has 0 bridgehead atoms. The average Bonchev–Trinajstić information content (AvgIpc) is 2.52. The molecule has 0 radical (unpaired) electrons. The van der Waals surface area contributed by atoms with E-state index >= 15 is 0 Å². The van der Waals surface area contributed by atoms with Gasteiger partial charge in [0.05, 0.1) is 23.3 Å². The third-order valence-electron chi connectivity index (χ3n) is 4.20. The fourth-order valence-corrected chi connectivity index (χ4v) is 3.09. The smallest absolute Gasteiger partial charge is 0.309 e. The highest BCUT2D eigenvalue weighted by Crippen LogP contribution is 2.29. The summed E-state index contributed by atoms with van der Waals surface area (Å²) in [7, 11) is 0. The number of carbonyl (C=O) groups excluding carboxylic acids is 1. The first-order valence-corrected chi connectivity index (χ1v) is 8.28. The number of hydrogen-bond acceptors (Lipinski definition) is 5. The van der Waals surface area contributed by atoms with Crippen LogP contribution >= 0.6 is 0 Å². The number of esters is 1. The van der Waals surface area contributed by atoms with E-state index in [9.17, 15) is 9.59 Å². The molecule has 6 heteroatoms. The Bertz CT molecular complexity index is 799. The van der Waals surface area contributed by atoms with Gasteiger partial charge in [0, 0.05) is 30.7 Å². The van der Waals surface area contributed by atoms with Gasteiger partial charge in [-0.3, -0.25) is 14.6 Å². The lowest BCUT2D eigenvalue weighted by atomic mass is 9.96. The first kappa shape index (κ1) is 16.5. The first-order valence-electron chi connectivity index (χ1n) is 8.28. The second-order valence-corrected chi connectivity index (χ2v) is 7.23. The van der Waals surface area contributed by atoms with Gasteiger partial charge in [-0.2, -0.15) is 0 Å². The predicted molar refractivity (Wildman–Crippen MR) is 93.1 cm³/mol. The molecule has 0 aromatic carbocycles. The van der Waals surface area contributed by atoms with Crippen molar-refractivity contribution in [3.05, 3.63) is 34.9 Å². The van der Waals surface area contributed by atoms with Crippen molar-refractivity contribution in [3.8, 4) is 0 Å². The molecule has 1 N–H and O–H groups in total. The maximum absolute atomic E-state index is 12.2. The number of fused-ring (bicyclic) bond motifs is 1. The Hall–Kier alpha value is -2.37. The van der Waals surface area contributed by atoms with Gasteiger partial charge >= 0.3 is 5.97 Å². The minimum absolute atomic E-state index is 0.0737. The molecular weight excluding hydrogens is 306 g/mol. The number of rotatable bonds is 2. The van der Waals surface area contributed by atoms with Gasteiger partial charge in [-0.1, -0.05) is 0 Å². The molecule has 128 valence electrons. The standard InChI is InChI=1S/C18H23N3O3/c1-18(2,3)24-17(23)12-5-8-21(9-6-12)15-10-16(22)20-14-11-19-7-4-13(14)15/h4,7,10-12H,5-6,8-9H2,1-3H3,(H,20,22). The van der Waals surface area contributed by atoms with Gasteiger partial charge in [0.1, 0.15) is 5.60 Å². The number of anilines is 1. The molecule has 0 atom stereocenters. The SMILES string of the molecule is CC(C)(C)OC(=O)C1CCN(c2cc(=O)[nH]c3cnccc23)CC1. The quantitative estimate of drug-likeness (QED) is 0.857. The van der Waals surface area contributed by atoms with E-state index < -0.39 is 5.60 Å². The molecule has 1 saturated heterocycles. The topological polar surface area (TPSA) is 75.3 Å². The molecule has 1 aliphatic heterocycles. The summed E-state index contributed by atoms with van der Waals surface area (Å²) in [5.41, 5.74) is 1.04. The third kappa shape index (κ3) is 3.58. The van der Waals surface area contributed by atoms with Crippen molar-refractivity contribution in [1.29, 1.82) is 0 Å². The molecule has 6 nitrogen and oxygen atoms in total. The molecule has 3 heterocycles. The molecule has 1 aliphatic rings. The van der Waals surface area contributed by atoms with Crippen molar-refractivity contribution in [2.45, 2.75) is 39.2 Å². The number of ether oxygens (including phenoxy) is 1. The fourth-order valence-electron chi connectivity index (χ4n) is 3.09. The monoisotopic (exact) mass is 329 g/mol. The van der Waals surface area contributed by atoms with E-state index in [0.29, 0.717) is 0 Å². The van der Waals surface area contributed by atoms with Crippen molar-refractivity contribution in [1.82, 2.24) is 9.97 Å². The summed E-state index contributed by atoms with van der Waals surface area (Å²) < 4.78 is 5.49. The van der Waals surface area contributed by atoms with Crippen LogP contribution in [0.15, 0.2) is 29.3 Å². The zero-order chi connectivity index (χ0) is 17.3. The molecule has 0 saturated carbocycles. The molecule has 0 aliphatic carbocycles. The van der Waals surface area contributed by atoms with Crippen molar-refractivity contribution >= 4 is 22.6 Å². The molecule has 3 rings (SSSR count). The Labute approximate surface area is 140 Å². The second-order valence-electron chi connectivity index (χ2n) is 7.23. The summed E-state index contributed by atoms with van der Waals surface area (Å²) in [5, 5.41) is 0.973. The number of hydrogen-bond donors (Lipinski definition) is 1. The van der Waals surface area contributed by atoms with Crippen molar-refractivity contribution in [2.75, 3.05) is 18.0 Å². The number of nitrogens with zero attached hydrogens (tertiary/aromatic N) is 2. The van der Waals surface area contributed by atoms with Crippen LogP contribution in [0.1, 0.15) is 33.6 Å². The van der Waals surface area contributed by atoms with Crippen LogP contribution in [0.3, 0.4) is 0 Å². The highest BCUT2D eigenvalue weighted by molar-refractivity contribution is 5.90. The zero-order valence-electron chi connectivity index (χ0n) is 14.3. The number of carbonyl (C=O) groups is 1. The van der Waals surface area contributed by atoms with Crippen LogP contribution in [-0.4, -0.2) is 34.6 Å². The van der Waals surface area contributed by atoms with Crippen molar-refractivity contribution < 1.29 is 9.53 Å². The maximum Gasteiger partial charge on any atom is 0.309 e. The number of aromatic amines is 1. The molecule has 0 spiro atoms. The minimum atomic E-state index is -0.454. The van der Waals surface area contributed by atoms with E-state index in [1.54, 1.807) is 18.5 Å². The molecule has 2 aromatic heterocycles. The summed E-state index contributed by atoms with van der Waals surface area (Å²) in [5.74, 6) is -0.197. The molecule has 0 amide bonds. The van der Waals surface area contributed by atoms with E-state index in [1.165, 1.54) is 0 Å². The summed E-state index contributed by atoms with van der Waals surface area (Å²) in [6.07, 6.45) is 4.84. The van der Waals surface area contributed by atoms with Gasteiger partial charge in [-0.15, -0.1) is 0 Å². The Balaban J connectivity index is 1.76. The van der Waals surface area contributed by atoms with E-state index in [4.69, 9.17) is 4.74 Å². The lowest BCUT2D eigenvalue weighted by Gasteiger charge is -2.34. The van der Waals surface area contributed by atoms with Crippen LogP contribution in [0.4, 0.5) is 5.69 Å². The lowest BCUT2D eigenvalue weighted by molar-refractivity contribution is -0.160. The molecule has 1 fully saturated rings.